The summed E-state index contributed by atoms with van der Waals surface area (Å²) in [5.41, 5.74) is 1.05. The fourth-order valence-electron chi connectivity index (χ4n) is 5.57. The van der Waals surface area contributed by atoms with Gasteiger partial charge in [-0.15, -0.1) is 0 Å². The number of alkyl carbamates (subject to hydrolysis) is 1. The highest BCUT2D eigenvalue weighted by Crippen LogP contribution is 2.34. The highest BCUT2D eigenvalue weighted by atomic mass is 35.5. The Hall–Kier alpha value is -1.61. The molecule has 2 fully saturated rings. The van der Waals surface area contributed by atoms with Crippen LogP contribution in [0, 0.1) is 11.8 Å². The first-order chi connectivity index (χ1) is 17.5. The summed E-state index contributed by atoms with van der Waals surface area (Å²) in [4.78, 5) is 13.7. The number of benzene rings is 1. The third kappa shape index (κ3) is 9.36. The fraction of sp³-hybridized carbons (Fsp3) is 0.704. The zero-order chi connectivity index (χ0) is 25.8. The first-order valence-electron chi connectivity index (χ1n) is 13.4. The molecule has 0 radical (unpaired) electrons. The molecule has 1 aliphatic carbocycles. The first kappa shape index (κ1) is 29.0. The number of rotatable bonds is 11. The largest absolute Gasteiger partial charge is 0.453 e. The molecule has 0 bridgehead atoms. The van der Waals surface area contributed by atoms with Crippen molar-refractivity contribution >= 4 is 35.0 Å². The molecule has 1 heterocycles. The highest BCUT2D eigenvalue weighted by Gasteiger charge is 2.31. The van der Waals surface area contributed by atoms with E-state index in [1.807, 2.05) is 25.2 Å². The van der Waals surface area contributed by atoms with Gasteiger partial charge >= 0.3 is 6.09 Å². The molecule has 7 nitrogen and oxygen atoms in total. The Bertz CT molecular complexity index is 824. The predicted molar refractivity (Wildman–Crippen MR) is 149 cm³/mol. The van der Waals surface area contributed by atoms with Crippen LogP contribution in [0.25, 0.3) is 0 Å². The van der Waals surface area contributed by atoms with Gasteiger partial charge in [-0.25, -0.2) is 4.79 Å². The van der Waals surface area contributed by atoms with Crippen molar-refractivity contribution in [2.24, 2.45) is 11.8 Å². The van der Waals surface area contributed by atoms with Crippen molar-refractivity contribution in [3.05, 3.63) is 34.9 Å². The second kappa shape index (κ2) is 15.6. The number of halogens is 1. The molecule has 3 atom stereocenters. The van der Waals surface area contributed by atoms with Crippen molar-refractivity contribution in [2.75, 3.05) is 46.9 Å². The van der Waals surface area contributed by atoms with Crippen LogP contribution in [0.5, 0.6) is 0 Å². The van der Waals surface area contributed by atoms with Crippen molar-refractivity contribution in [3.63, 3.8) is 0 Å². The Morgan fingerprint density at radius 2 is 2.03 bits per heavy atom. The van der Waals surface area contributed by atoms with E-state index in [9.17, 15) is 4.79 Å². The van der Waals surface area contributed by atoms with Gasteiger partial charge in [-0.2, -0.15) is 0 Å². The summed E-state index contributed by atoms with van der Waals surface area (Å²) < 4.78 is 11.0. The molecular formula is C27H43ClN4O3S. The molecule has 1 amide bonds. The molecule has 3 rings (SSSR count). The number of carbonyl (C=O) groups is 1. The summed E-state index contributed by atoms with van der Waals surface area (Å²) in [7, 11) is 3.37. The van der Waals surface area contributed by atoms with Gasteiger partial charge in [0.15, 0.2) is 5.11 Å². The third-order valence-electron chi connectivity index (χ3n) is 7.33. The van der Waals surface area contributed by atoms with Crippen molar-refractivity contribution in [1.29, 1.82) is 0 Å². The van der Waals surface area contributed by atoms with E-state index in [-0.39, 0.29) is 12.0 Å². The highest BCUT2D eigenvalue weighted by molar-refractivity contribution is 7.80. The zero-order valence-electron chi connectivity index (χ0n) is 21.8. The van der Waals surface area contributed by atoms with E-state index in [0.717, 1.165) is 49.1 Å². The molecule has 9 heteroatoms. The van der Waals surface area contributed by atoms with E-state index in [1.54, 1.807) is 0 Å². The SMILES string of the molecule is CNCC(CC1CCCCC1)NC(=S)N1CCCC(C(OCCNC(=O)OC)c2cccc(Cl)c2)C1. The molecule has 1 aliphatic heterocycles. The summed E-state index contributed by atoms with van der Waals surface area (Å²) in [6, 6.07) is 8.22. The molecule has 1 saturated heterocycles. The van der Waals surface area contributed by atoms with Gasteiger partial charge < -0.3 is 30.3 Å². The van der Waals surface area contributed by atoms with E-state index < -0.39 is 6.09 Å². The molecule has 202 valence electrons. The standard InChI is InChI=1S/C27H43ClN4O3S/c1-29-18-24(16-20-8-4-3-5-9-20)31-26(36)32-14-7-11-22(19-32)25(21-10-6-12-23(28)17-21)35-15-13-30-27(33)34-2/h6,10,12,17,20,22,24-25,29H,3-5,7-9,11,13-16,18-19H2,1-2H3,(H,30,33)(H,31,36). The number of amides is 1. The fourth-order valence-corrected chi connectivity index (χ4v) is 6.10. The number of carbonyl (C=O) groups excluding carboxylic acids is 1. The molecule has 1 aromatic carbocycles. The van der Waals surface area contributed by atoms with Gasteiger partial charge in [-0.1, -0.05) is 55.8 Å². The van der Waals surface area contributed by atoms with E-state index in [0.29, 0.717) is 24.2 Å². The quantitative estimate of drug-likeness (QED) is 0.273. The summed E-state index contributed by atoms with van der Waals surface area (Å²) in [6.07, 6.45) is 9.43. The summed E-state index contributed by atoms with van der Waals surface area (Å²) >= 11 is 12.2. The number of nitrogens with one attached hydrogen (secondary N) is 3. The lowest BCUT2D eigenvalue weighted by Crippen LogP contribution is -2.51. The molecule has 3 unspecified atom stereocenters. The van der Waals surface area contributed by atoms with E-state index >= 15 is 0 Å². The van der Waals surface area contributed by atoms with Crippen molar-refractivity contribution < 1.29 is 14.3 Å². The average molecular weight is 539 g/mol. The molecule has 0 spiro atoms. The van der Waals surface area contributed by atoms with Crippen LogP contribution in [0.4, 0.5) is 4.79 Å². The Balaban J connectivity index is 1.62. The number of ether oxygens (including phenoxy) is 2. The van der Waals surface area contributed by atoms with Crippen LogP contribution in [0.1, 0.15) is 63.0 Å². The number of likely N-dealkylation sites (N-methyl/N-ethyl adjacent to an activating group) is 1. The van der Waals surface area contributed by atoms with Gasteiger partial charge in [-0.05, 0) is 62.1 Å². The smallest absolute Gasteiger partial charge is 0.406 e. The van der Waals surface area contributed by atoms with Crippen LogP contribution in [-0.4, -0.2) is 69.1 Å². The minimum absolute atomic E-state index is 0.135. The van der Waals surface area contributed by atoms with Crippen molar-refractivity contribution in [1.82, 2.24) is 20.9 Å². The van der Waals surface area contributed by atoms with Crippen LogP contribution in [0.15, 0.2) is 24.3 Å². The number of nitrogens with zero attached hydrogens (tertiary/aromatic N) is 1. The molecule has 1 saturated carbocycles. The average Bonchev–Trinajstić information content (AvgIpc) is 2.89. The van der Waals surface area contributed by atoms with E-state index in [4.69, 9.17) is 28.6 Å². The number of hydrogen-bond donors (Lipinski definition) is 3. The van der Waals surface area contributed by atoms with Gasteiger partial charge in [0.25, 0.3) is 0 Å². The lowest BCUT2D eigenvalue weighted by molar-refractivity contribution is -0.00558. The maximum atomic E-state index is 11.4. The Morgan fingerprint density at radius 3 is 2.75 bits per heavy atom. The van der Waals surface area contributed by atoms with Gasteiger partial charge in [0.2, 0.25) is 0 Å². The molecule has 0 aromatic heterocycles. The number of thiocarbonyl (C=S) groups is 1. The monoisotopic (exact) mass is 538 g/mol. The Kier molecular flexibility index (Phi) is 12.5. The Morgan fingerprint density at radius 1 is 1.22 bits per heavy atom. The predicted octanol–water partition coefficient (Wildman–Crippen LogP) is 4.90. The van der Waals surface area contributed by atoms with Crippen molar-refractivity contribution in [2.45, 2.75) is 63.5 Å². The third-order valence-corrected chi connectivity index (χ3v) is 7.94. The van der Waals surface area contributed by atoms with Crippen LogP contribution in [0.3, 0.4) is 0 Å². The van der Waals surface area contributed by atoms with Crippen molar-refractivity contribution in [3.8, 4) is 0 Å². The molecule has 3 N–H and O–H groups in total. The summed E-state index contributed by atoms with van der Waals surface area (Å²) in [6.45, 7) is 3.45. The topological polar surface area (TPSA) is 74.9 Å². The van der Waals surface area contributed by atoms with Gasteiger partial charge in [0, 0.05) is 43.2 Å². The van der Waals surface area contributed by atoms with Crippen LogP contribution in [0.2, 0.25) is 5.02 Å². The van der Waals surface area contributed by atoms with E-state index in [2.05, 4.69) is 31.7 Å². The molecule has 1 aromatic rings. The second-order valence-electron chi connectivity index (χ2n) is 10.1. The lowest BCUT2D eigenvalue weighted by atomic mass is 9.85. The second-order valence-corrected chi connectivity index (χ2v) is 10.9. The zero-order valence-corrected chi connectivity index (χ0v) is 23.3. The Labute approximate surface area is 227 Å². The summed E-state index contributed by atoms with van der Waals surface area (Å²) in [5, 5.41) is 11.3. The number of hydrogen-bond acceptors (Lipinski definition) is 5. The van der Waals surface area contributed by atoms with Crippen LogP contribution >= 0.6 is 23.8 Å². The maximum absolute atomic E-state index is 11.4. The number of methoxy groups -OCH3 is 1. The minimum atomic E-state index is -0.456. The normalized spacial score (nSPS) is 20.4. The van der Waals surface area contributed by atoms with Gasteiger partial charge in [0.05, 0.1) is 19.8 Å². The molecule has 36 heavy (non-hydrogen) atoms. The molecular weight excluding hydrogens is 496 g/mol. The lowest BCUT2D eigenvalue weighted by Gasteiger charge is -2.39. The van der Waals surface area contributed by atoms with Crippen LogP contribution < -0.4 is 16.0 Å². The minimum Gasteiger partial charge on any atom is -0.453 e. The summed E-state index contributed by atoms with van der Waals surface area (Å²) in [5.74, 6) is 1.05. The maximum Gasteiger partial charge on any atom is 0.406 e. The first-order valence-corrected chi connectivity index (χ1v) is 14.2. The van der Waals surface area contributed by atoms with Gasteiger partial charge in [-0.3, -0.25) is 0 Å². The molecule has 2 aliphatic rings. The van der Waals surface area contributed by atoms with E-state index in [1.165, 1.54) is 45.6 Å². The number of piperidine rings is 1. The van der Waals surface area contributed by atoms with Gasteiger partial charge in [0.1, 0.15) is 0 Å². The number of likely N-dealkylation sites (tertiary alicyclic amines) is 1. The van der Waals surface area contributed by atoms with Crippen LogP contribution in [-0.2, 0) is 9.47 Å².